The summed E-state index contributed by atoms with van der Waals surface area (Å²) in [6, 6.07) is 13.0. The van der Waals surface area contributed by atoms with Crippen LogP contribution in [0.3, 0.4) is 0 Å². The van der Waals surface area contributed by atoms with Gasteiger partial charge < -0.3 is 0 Å². The van der Waals surface area contributed by atoms with Crippen molar-refractivity contribution in [2.45, 2.75) is 12.8 Å². The number of para-hydroxylation sites is 1. The summed E-state index contributed by atoms with van der Waals surface area (Å²) in [7, 11) is 0. The number of hydrogen-bond donors (Lipinski definition) is 0. The van der Waals surface area contributed by atoms with E-state index in [0.29, 0.717) is 0 Å². The molecule has 0 heterocycles. The highest BCUT2D eigenvalue weighted by Crippen LogP contribution is 2.36. The van der Waals surface area contributed by atoms with E-state index in [4.69, 9.17) is 0 Å². The van der Waals surface area contributed by atoms with E-state index in [1.165, 1.54) is 5.56 Å². The fraction of sp³-hybridized carbons (Fsp3) is 0.125. The third kappa shape index (κ3) is 2.27. The molecule has 1 aliphatic rings. The summed E-state index contributed by atoms with van der Waals surface area (Å²) in [6.45, 7) is 0. The van der Waals surface area contributed by atoms with Crippen LogP contribution in [0.2, 0.25) is 0 Å². The van der Waals surface area contributed by atoms with Gasteiger partial charge in [0.25, 0.3) is 5.69 Å². The van der Waals surface area contributed by atoms with Gasteiger partial charge in [0.05, 0.1) is 10.5 Å². The van der Waals surface area contributed by atoms with Crippen molar-refractivity contribution in [2.75, 3.05) is 0 Å². The number of nitro benzene ring substituents is 1. The lowest BCUT2D eigenvalue weighted by atomic mass is 9.88. The topological polar surface area (TPSA) is 43.1 Å². The van der Waals surface area contributed by atoms with Crippen LogP contribution in [0.4, 0.5) is 5.69 Å². The molecule has 3 rings (SSSR count). The van der Waals surface area contributed by atoms with Gasteiger partial charge in [0.2, 0.25) is 0 Å². The predicted octanol–water partition coefficient (Wildman–Crippen LogP) is 4.84. The molecule has 3 nitrogen and oxygen atoms in total. The van der Waals surface area contributed by atoms with Crippen molar-refractivity contribution in [1.29, 1.82) is 0 Å². The van der Waals surface area contributed by atoms with Crippen molar-refractivity contribution < 1.29 is 4.92 Å². The van der Waals surface area contributed by atoms with Crippen LogP contribution in [0, 0.1) is 10.1 Å². The smallest absolute Gasteiger partial charge is 0.258 e. The molecule has 0 radical (unpaired) electrons. The molecule has 1 aliphatic carbocycles. The zero-order valence-corrected chi connectivity index (χ0v) is 12.3. The maximum atomic E-state index is 11.1. The molecule has 0 saturated heterocycles. The van der Waals surface area contributed by atoms with Gasteiger partial charge in [-0.25, -0.2) is 0 Å². The molecule has 0 atom stereocenters. The SMILES string of the molecule is O=[N+]([O-])c1ccccc1C1=Cc2cccc(Br)c2CC1. The molecule has 0 N–H and O–H groups in total. The summed E-state index contributed by atoms with van der Waals surface area (Å²) in [5.41, 5.74) is 4.34. The van der Waals surface area contributed by atoms with Gasteiger partial charge in [-0.15, -0.1) is 0 Å². The second-order valence-electron chi connectivity index (χ2n) is 4.75. The number of nitrogens with zero attached hydrogens (tertiary/aromatic N) is 1. The molecule has 0 unspecified atom stereocenters. The monoisotopic (exact) mass is 329 g/mol. The van der Waals surface area contributed by atoms with Gasteiger partial charge in [0.1, 0.15) is 0 Å². The van der Waals surface area contributed by atoms with Gasteiger partial charge in [0, 0.05) is 10.5 Å². The summed E-state index contributed by atoms with van der Waals surface area (Å²) < 4.78 is 1.10. The average molecular weight is 330 g/mol. The molecule has 2 aromatic rings. The Bertz CT molecular complexity index is 722. The van der Waals surface area contributed by atoms with Crippen LogP contribution in [0.5, 0.6) is 0 Å². The molecular formula is C16H12BrNO2. The van der Waals surface area contributed by atoms with E-state index in [2.05, 4.69) is 22.0 Å². The predicted molar refractivity (Wildman–Crippen MR) is 83.4 cm³/mol. The highest BCUT2D eigenvalue weighted by molar-refractivity contribution is 9.10. The lowest BCUT2D eigenvalue weighted by molar-refractivity contribution is -0.385. The van der Waals surface area contributed by atoms with Crippen molar-refractivity contribution in [1.82, 2.24) is 0 Å². The fourth-order valence-corrected chi connectivity index (χ4v) is 3.19. The second-order valence-corrected chi connectivity index (χ2v) is 5.61. The number of allylic oxidation sites excluding steroid dienone is 1. The fourth-order valence-electron chi connectivity index (χ4n) is 2.61. The number of nitro groups is 1. The normalized spacial score (nSPS) is 13.6. The molecule has 2 aromatic carbocycles. The van der Waals surface area contributed by atoms with Crippen molar-refractivity contribution in [2.24, 2.45) is 0 Å². The largest absolute Gasteiger partial charge is 0.276 e. The first-order chi connectivity index (χ1) is 9.66. The van der Waals surface area contributed by atoms with Gasteiger partial charge in [-0.1, -0.05) is 46.3 Å². The van der Waals surface area contributed by atoms with E-state index in [0.717, 1.165) is 34.0 Å². The maximum absolute atomic E-state index is 11.1. The van der Waals surface area contributed by atoms with Gasteiger partial charge >= 0.3 is 0 Å². The minimum absolute atomic E-state index is 0.178. The summed E-state index contributed by atoms with van der Waals surface area (Å²) in [6.07, 6.45) is 3.78. The van der Waals surface area contributed by atoms with Crippen molar-refractivity contribution in [3.05, 3.63) is 73.7 Å². The van der Waals surface area contributed by atoms with Gasteiger partial charge in [-0.05, 0) is 41.7 Å². The zero-order valence-electron chi connectivity index (χ0n) is 10.7. The lowest BCUT2D eigenvalue weighted by Crippen LogP contribution is -2.02. The molecule has 0 saturated carbocycles. The maximum Gasteiger partial charge on any atom is 0.276 e. The highest BCUT2D eigenvalue weighted by atomic mass is 79.9. The summed E-state index contributed by atoms with van der Waals surface area (Å²) in [5, 5.41) is 11.1. The highest BCUT2D eigenvalue weighted by Gasteiger charge is 2.20. The van der Waals surface area contributed by atoms with Crippen molar-refractivity contribution in [3.8, 4) is 0 Å². The molecule has 0 fully saturated rings. The van der Waals surface area contributed by atoms with Crippen LogP contribution in [-0.2, 0) is 6.42 Å². The summed E-state index contributed by atoms with van der Waals surface area (Å²) in [5.74, 6) is 0. The molecule has 0 amide bonds. The first-order valence-corrected chi connectivity index (χ1v) is 7.18. The molecule has 20 heavy (non-hydrogen) atoms. The third-order valence-electron chi connectivity index (χ3n) is 3.58. The number of halogens is 1. The van der Waals surface area contributed by atoms with E-state index in [-0.39, 0.29) is 10.6 Å². The Hall–Kier alpha value is -1.94. The van der Waals surface area contributed by atoms with E-state index >= 15 is 0 Å². The minimum Gasteiger partial charge on any atom is -0.258 e. The Balaban J connectivity index is 2.11. The van der Waals surface area contributed by atoms with Gasteiger partial charge in [-0.2, -0.15) is 0 Å². The molecule has 0 aromatic heterocycles. The summed E-state index contributed by atoms with van der Waals surface area (Å²) in [4.78, 5) is 10.8. The second kappa shape index (κ2) is 5.21. The third-order valence-corrected chi connectivity index (χ3v) is 4.32. The molecule has 4 heteroatoms. The average Bonchev–Trinajstić information content (AvgIpc) is 2.47. The van der Waals surface area contributed by atoms with E-state index in [1.54, 1.807) is 12.1 Å². The molecule has 0 aliphatic heterocycles. The lowest BCUT2D eigenvalue weighted by Gasteiger charge is -2.18. The van der Waals surface area contributed by atoms with Crippen LogP contribution in [0.1, 0.15) is 23.1 Å². The summed E-state index contributed by atoms with van der Waals surface area (Å²) >= 11 is 3.56. The molecule has 0 bridgehead atoms. The standard InChI is InChI=1S/C16H12BrNO2/c17-15-6-3-4-11-10-12(8-9-13(11)15)14-5-1-2-7-16(14)18(19)20/h1-7,10H,8-9H2. The molecule has 0 spiro atoms. The Morgan fingerprint density at radius 1 is 1.05 bits per heavy atom. The Kier molecular flexibility index (Phi) is 3.40. The number of benzene rings is 2. The van der Waals surface area contributed by atoms with Crippen LogP contribution in [-0.4, -0.2) is 4.92 Å². The van der Waals surface area contributed by atoms with Crippen molar-refractivity contribution >= 4 is 33.3 Å². The Morgan fingerprint density at radius 3 is 2.65 bits per heavy atom. The zero-order chi connectivity index (χ0) is 14.1. The quantitative estimate of drug-likeness (QED) is 0.584. The van der Waals surface area contributed by atoms with Crippen LogP contribution in [0.15, 0.2) is 46.9 Å². The minimum atomic E-state index is -0.313. The van der Waals surface area contributed by atoms with Gasteiger partial charge in [0.15, 0.2) is 0 Å². The van der Waals surface area contributed by atoms with Crippen LogP contribution in [0.25, 0.3) is 11.6 Å². The van der Waals surface area contributed by atoms with Crippen LogP contribution >= 0.6 is 15.9 Å². The number of hydrogen-bond acceptors (Lipinski definition) is 2. The van der Waals surface area contributed by atoms with E-state index in [9.17, 15) is 10.1 Å². The first-order valence-electron chi connectivity index (χ1n) is 6.38. The Morgan fingerprint density at radius 2 is 1.85 bits per heavy atom. The van der Waals surface area contributed by atoms with E-state index in [1.807, 2.05) is 30.3 Å². The Labute approximate surface area is 125 Å². The molecule has 100 valence electrons. The van der Waals surface area contributed by atoms with Gasteiger partial charge in [-0.3, -0.25) is 10.1 Å². The number of rotatable bonds is 2. The van der Waals surface area contributed by atoms with Crippen LogP contribution < -0.4 is 0 Å². The van der Waals surface area contributed by atoms with Crippen molar-refractivity contribution in [3.63, 3.8) is 0 Å². The van der Waals surface area contributed by atoms with E-state index < -0.39 is 0 Å². The number of fused-ring (bicyclic) bond motifs is 1. The molecular weight excluding hydrogens is 318 g/mol. The first kappa shape index (κ1) is 13.1.